The molecule has 0 aliphatic carbocycles. The van der Waals surface area contributed by atoms with E-state index in [4.69, 9.17) is 0 Å². The number of hydrogen-bond acceptors (Lipinski definition) is 2. The van der Waals surface area contributed by atoms with Gasteiger partial charge in [0.05, 0.1) is 0 Å². The monoisotopic (exact) mass is 168 g/mol. The average Bonchev–Trinajstić information content (AvgIpc) is 1.93. The van der Waals surface area contributed by atoms with Crippen molar-refractivity contribution in [3.63, 3.8) is 0 Å². The third-order valence-electron chi connectivity index (χ3n) is 2.45. The molecule has 0 aromatic carbocycles. The van der Waals surface area contributed by atoms with E-state index in [1.54, 1.807) is 0 Å². The van der Waals surface area contributed by atoms with Gasteiger partial charge >= 0.3 is 0 Å². The highest BCUT2D eigenvalue weighted by Crippen LogP contribution is 2.08. The Hall–Kier alpha value is -0.340. The Kier molecular flexibility index (Phi) is 3.76. The standard InChI is InChI=1S/C10H20N2/c1-4-5-12(9(2)3)8-10-6-11-7-10/h4,9-11H,1,5-8H2,2-3H3. The Labute approximate surface area is 75.6 Å². The molecule has 1 saturated heterocycles. The van der Waals surface area contributed by atoms with Crippen LogP contribution in [-0.2, 0) is 0 Å². The van der Waals surface area contributed by atoms with Crippen LogP contribution >= 0.6 is 0 Å². The summed E-state index contributed by atoms with van der Waals surface area (Å²) in [7, 11) is 0. The first-order chi connectivity index (χ1) is 5.74. The number of nitrogens with zero attached hydrogens (tertiary/aromatic N) is 1. The Morgan fingerprint density at radius 1 is 1.58 bits per heavy atom. The van der Waals surface area contributed by atoms with Gasteiger partial charge in [0, 0.05) is 32.2 Å². The second kappa shape index (κ2) is 4.63. The van der Waals surface area contributed by atoms with Crippen molar-refractivity contribution in [1.29, 1.82) is 0 Å². The molecule has 1 fully saturated rings. The quantitative estimate of drug-likeness (QED) is 0.618. The molecule has 1 rings (SSSR count). The van der Waals surface area contributed by atoms with Crippen LogP contribution in [0.1, 0.15) is 13.8 Å². The van der Waals surface area contributed by atoms with Gasteiger partial charge < -0.3 is 5.32 Å². The van der Waals surface area contributed by atoms with Gasteiger partial charge in [-0.3, -0.25) is 4.90 Å². The molecule has 0 radical (unpaired) electrons. The molecule has 0 unspecified atom stereocenters. The van der Waals surface area contributed by atoms with E-state index >= 15 is 0 Å². The van der Waals surface area contributed by atoms with Crippen molar-refractivity contribution in [2.75, 3.05) is 26.2 Å². The molecule has 0 spiro atoms. The van der Waals surface area contributed by atoms with Gasteiger partial charge in [0.25, 0.3) is 0 Å². The molecule has 0 atom stereocenters. The Morgan fingerprint density at radius 3 is 2.58 bits per heavy atom. The molecule has 70 valence electrons. The molecule has 0 amide bonds. The predicted octanol–water partition coefficient (Wildman–Crippen LogP) is 1.10. The van der Waals surface area contributed by atoms with Crippen molar-refractivity contribution in [3.8, 4) is 0 Å². The van der Waals surface area contributed by atoms with Gasteiger partial charge in [0.1, 0.15) is 0 Å². The summed E-state index contributed by atoms with van der Waals surface area (Å²) in [5, 5.41) is 3.30. The third-order valence-corrected chi connectivity index (χ3v) is 2.45. The minimum absolute atomic E-state index is 0.642. The minimum atomic E-state index is 0.642. The molecule has 1 aliphatic heterocycles. The molecule has 12 heavy (non-hydrogen) atoms. The first-order valence-electron chi connectivity index (χ1n) is 4.79. The molecule has 0 bridgehead atoms. The fourth-order valence-electron chi connectivity index (χ4n) is 1.47. The van der Waals surface area contributed by atoms with E-state index in [0.717, 1.165) is 12.5 Å². The fraction of sp³-hybridized carbons (Fsp3) is 0.800. The maximum Gasteiger partial charge on any atom is 0.0163 e. The average molecular weight is 168 g/mol. The topological polar surface area (TPSA) is 15.3 Å². The SMILES string of the molecule is C=CCN(CC1CNC1)C(C)C. The van der Waals surface area contributed by atoms with E-state index < -0.39 is 0 Å². The number of rotatable bonds is 5. The smallest absolute Gasteiger partial charge is 0.0163 e. The molecule has 1 heterocycles. The Morgan fingerprint density at radius 2 is 2.25 bits per heavy atom. The second-order valence-corrected chi connectivity index (χ2v) is 3.86. The molecule has 0 aromatic heterocycles. The van der Waals surface area contributed by atoms with Crippen molar-refractivity contribution in [2.24, 2.45) is 5.92 Å². The van der Waals surface area contributed by atoms with Gasteiger partial charge in [-0.05, 0) is 19.8 Å². The van der Waals surface area contributed by atoms with Gasteiger partial charge in [-0.2, -0.15) is 0 Å². The summed E-state index contributed by atoms with van der Waals surface area (Å²) in [4.78, 5) is 2.47. The molecule has 2 heteroatoms. The first kappa shape index (κ1) is 9.75. The normalized spacial score (nSPS) is 18.3. The summed E-state index contributed by atoms with van der Waals surface area (Å²) in [5.74, 6) is 0.868. The third kappa shape index (κ3) is 2.61. The minimum Gasteiger partial charge on any atom is -0.316 e. The summed E-state index contributed by atoms with van der Waals surface area (Å²) in [6.45, 7) is 12.9. The van der Waals surface area contributed by atoms with Crippen LogP contribution in [0, 0.1) is 5.92 Å². The number of hydrogen-bond donors (Lipinski definition) is 1. The summed E-state index contributed by atoms with van der Waals surface area (Å²) < 4.78 is 0. The van der Waals surface area contributed by atoms with Crippen molar-refractivity contribution >= 4 is 0 Å². The van der Waals surface area contributed by atoms with E-state index in [9.17, 15) is 0 Å². The zero-order valence-electron chi connectivity index (χ0n) is 8.21. The predicted molar refractivity (Wildman–Crippen MR) is 53.3 cm³/mol. The van der Waals surface area contributed by atoms with Crippen LogP contribution in [0.3, 0.4) is 0 Å². The van der Waals surface area contributed by atoms with E-state index in [1.165, 1.54) is 19.6 Å². The fourth-order valence-corrected chi connectivity index (χ4v) is 1.47. The zero-order chi connectivity index (χ0) is 8.97. The van der Waals surface area contributed by atoms with Crippen LogP contribution in [0.4, 0.5) is 0 Å². The van der Waals surface area contributed by atoms with E-state index in [1.807, 2.05) is 6.08 Å². The van der Waals surface area contributed by atoms with Crippen molar-refractivity contribution < 1.29 is 0 Å². The highest BCUT2D eigenvalue weighted by atomic mass is 15.2. The second-order valence-electron chi connectivity index (χ2n) is 3.86. The maximum absolute atomic E-state index is 3.78. The largest absolute Gasteiger partial charge is 0.316 e. The molecule has 0 aromatic rings. The lowest BCUT2D eigenvalue weighted by Crippen LogP contribution is -2.49. The van der Waals surface area contributed by atoms with Crippen molar-refractivity contribution in [1.82, 2.24) is 10.2 Å². The van der Waals surface area contributed by atoms with Crippen molar-refractivity contribution in [2.45, 2.75) is 19.9 Å². The molecule has 0 saturated carbocycles. The highest BCUT2D eigenvalue weighted by molar-refractivity contribution is 4.82. The Bertz CT molecular complexity index is 139. The number of nitrogens with one attached hydrogen (secondary N) is 1. The zero-order valence-corrected chi connectivity index (χ0v) is 8.21. The summed E-state index contributed by atoms with van der Waals surface area (Å²) >= 11 is 0. The van der Waals surface area contributed by atoms with E-state index in [0.29, 0.717) is 6.04 Å². The van der Waals surface area contributed by atoms with Gasteiger partial charge in [-0.1, -0.05) is 6.08 Å². The molecular weight excluding hydrogens is 148 g/mol. The molecular formula is C10H20N2. The van der Waals surface area contributed by atoms with Gasteiger partial charge in [0.15, 0.2) is 0 Å². The van der Waals surface area contributed by atoms with Crippen LogP contribution in [0.5, 0.6) is 0 Å². The van der Waals surface area contributed by atoms with Crippen LogP contribution in [0.25, 0.3) is 0 Å². The molecule has 1 N–H and O–H groups in total. The maximum atomic E-state index is 3.78. The van der Waals surface area contributed by atoms with Crippen LogP contribution < -0.4 is 5.32 Å². The summed E-state index contributed by atoms with van der Waals surface area (Å²) in [6.07, 6.45) is 1.99. The lowest BCUT2D eigenvalue weighted by atomic mass is 10.0. The van der Waals surface area contributed by atoms with E-state index in [-0.39, 0.29) is 0 Å². The van der Waals surface area contributed by atoms with Crippen molar-refractivity contribution in [3.05, 3.63) is 12.7 Å². The van der Waals surface area contributed by atoms with Crippen LogP contribution in [0.15, 0.2) is 12.7 Å². The first-order valence-corrected chi connectivity index (χ1v) is 4.79. The van der Waals surface area contributed by atoms with E-state index in [2.05, 4.69) is 30.6 Å². The highest BCUT2D eigenvalue weighted by Gasteiger charge is 2.20. The van der Waals surface area contributed by atoms with Crippen LogP contribution in [0.2, 0.25) is 0 Å². The molecule has 1 aliphatic rings. The Balaban J connectivity index is 2.25. The lowest BCUT2D eigenvalue weighted by molar-refractivity contribution is 0.175. The summed E-state index contributed by atoms with van der Waals surface area (Å²) in [5.41, 5.74) is 0. The molecule has 2 nitrogen and oxygen atoms in total. The van der Waals surface area contributed by atoms with Gasteiger partial charge in [-0.25, -0.2) is 0 Å². The van der Waals surface area contributed by atoms with Gasteiger partial charge in [0.2, 0.25) is 0 Å². The van der Waals surface area contributed by atoms with Gasteiger partial charge in [-0.15, -0.1) is 6.58 Å². The lowest BCUT2D eigenvalue weighted by Gasteiger charge is -2.34. The van der Waals surface area contributed by atoms with Crippen LogP contribution in [-0.4, -0.2) is 37.1 Å². The summed E-state index contributed by atoms with van der Waals surface area (Å²) in [6, 6.07) is 0.642.